The van der Waals surface area contributed by atoms with Crippen LogP contribution in [0.1, 0.15) is 38.8 Å². The Balaban J connectivity index is 2.04. The van der Waals surface area contributed by atoms with E-state index in [1.807, 2.05) is 58.0 Å². The van der Waals surface area contributed by atoms with Crippen molar-refractivity contribution in [3.8, 4) is 5.75 Å². The molecule has 1 unspecified atom stereocenters. The molecule has 3 rings (SSSR count). The van der Waals surface area contributed by atoms with Crippen LogP contribution in [-0.4, -0.2) is 56.1 Å². The van der Waals surface area contributed by atoms with Crippen molar-refractivity contribution in [1.82, 2.24) is 10.2 Å². The number of nitrogens with one attached hydrogen (secondary N) is 1. The molecule has 0 aliphatic heterocycles. The third-order valence-electron chi connectivity index (χ3n) is 6.15. The molecule has 1 N–H and O–H groups in total. The molecule has 0 heterocycles. The van der Waals surface area contributed by atoms with Crippen molar-refractivity contribution in [2.45, 2.75) is 52.2 Å². The number of rotatable bonds is 12. The molecule has 220 valence electrons. The van der Waals surface area contributed by atoms with Gasteiger partial charge in [0.1, 0.15) is 18.3 Å². The minimum Gasteiger partial charge on any atom is -0.494 e. The van der Waals surface area contributed by atoms with E-state index in [0.717, 1.165) is 21.7 Å². The zero-order valence-electron chi connectivity index (χ0n) is 24.1. The molecule has 0 saturated heterocycles. The molecule has 0 fully saturated rings. The highest BCUT2D eigenvalue weighted by Gasteiger charge is 2.34. The fraction of sp³-hybridized carbons (Fsp3) is 0.355. The van der Waals surface area contributed by atoms with Crippen LogP contribution >= 0.6 is 11.6 Å². The number of sulfonamides is 1. The second kappa shape index (κ2) is 13.9. The van der Waals surface area contributed by atoms with Gasteiger partial charge in [-0.05, 0) is 75.2 Å². The maximum atomic E-state index is 14.1. The van der Waals surface area contributed by atoms with Gasteiger partial charge in [0, 0.05) is 23.5 Å². The number of ether oxygens (including phenoxy) is 1. The summed E-state index contributed by atoms with van der Waals surface area (Å²) in [6.45, 7) is 7.51. The molecule has 0 aliphatic carbocycles. The molecule has 3 aromatic carbocycles. The van der Waals surface area contributed by atoms with Crippen LogP contribution < -0.4 is 14.4 Å². The lowest BCUT2D eigenvalue weighted by Gasteiger charge is -2.35. The van der Waals surface area contributed by atoms with Crippen LogP contribution in [-0.2, 0) is 32.6 Å². The Morgan fingerprint density at radius 3 is 2.07 bits per heavy atom. The first-order chi connectivity index (χ1) is 19.3. The average molecular weight is 600 g/mol. The van der Waals surface area contributed by atoms with Crippen LogP contribution in [0.2, 0.25) is 5.02 Å². The Kier molecular flexibility index (Phi) is 10.8. The minimum absolute atomic E-state index is 0.0753. The Morgan fingerprint density at radius 1 is 0.927 bits per heavy atom. The predicted octanol–water partition coefficient (Wildman–Crippen LogP) is 5.06. The van der Waals surface area contributed by atoms with E-state index >= 15 is 0 Å². The van der Waals surface area contributed by atoms with Gasteiger partial charge in [0.2, 0.25) is 21.8 Å². The topological polar surface area (TPSA) is 96.0 Å². The molecule has 0 bridgehead atoms. The lowest BCUT2D eigenvalue weighted by Crippen LogP contribution is -2.56. The van der Waals surface area contributed by atoms with Gasteiger partial charge in [-0.1, -0.05) is 54.1 Å². The van der Waals surface area contributed by atoms with E-state index in [1.165, 1.54) is 4.90 Å². The van der Waals surface area contributed by atoms with Crippen LogP contribution in [0.15, 0.2) is 78.9 Å². The van der Waals surface area contributed by atoms with Crippen LogP contribution in [0.25, 0.3) is 0 Å². The lowest BCUT2D eigenvalue weighted by atomic mass is 10.0. The summed E-state index contributed by atoms with van der Waals surface area (Å²) in [4.78, 5) is 29.3. The summed E-state index contributed by atoms with van der Waals surface area (Å²) < 4.78 is 32.3. The van der Waals surface area contributed by atoms with Gasteiger partial charge in [-0.25, -0.2) is 8.42 Å². The first kappa shape index (κ1) is 32.0. The smallest absolute Gasteiger partial charge is 0.244 e. The summed E-state index contributed by atoms with van der Waals surface area (Å²) in [7, 11) is -3.86. The van der Waals surface area contributed by atoms with Crippen LogP contribution in [0.3, 0.4) is 0 Å². The Morgan fingerprint density at radius 2 is 1.54 bits per heavy atom. The average Bonchev–Trinajstić information content (AvgIpc) is 2.90. The number of hydrogen-bond donors (Lipinski definition) is 1. The molecule has 41 heavy (non-hydrogen) atoms. The van der Waals surface area contributed by atoms with Crippen LogP contribution in [0.4, 0.5) is 5.69 Å². The number of carbonyl (C=O) groups excluding carboxylic acids is 2. The van der Waals surface area contributed by atoms with Gasteiger partial charge in [0.05, 0.1) is 18.6 Å². The maximum Gasteiger partial charge on any atom is 0.244 e. The quantitative estimate of drug-likeness (QED) is 0.314. The molecule has 8 nitrogen and oxygen atoms in total. The molecule has 1 atom stereocenters. The van der Waals surface area contributed by atoms with E-state index in [1.54, 1.807) is 48.5 Å². The molecular weight excluding hydrogens is 562 g/mol. The molecule has 0 saturated carbocycles. The normalized spacial score (nSPS) is 12.3. The SMILES string of the molecule is CCOc1ccc(N(CC(=O)N(Cc2ccc(Cl)cc2)C(Cc2ccccc2)C(=O)NC(C)(C)C)S(C)(=O)=O)cc1. The van der Waals surface area contributed by atoms with Gasteiger partial charge in [-0.2, -0.15) is 0 Å². The van der Waals surface area contributed by atoms with Gasteiger partial charge in [0.25, 0.3) is 0 Å². The maximum absolute atomic E-state index is 14.1. The molecule has 0 aromatic heterocycles. The van der Waals surface area contributed by atoms with Crippen LogP contribution in [0.5, 0.6) is 5.75 Å². The third-order valence-corrected chi connectivity index (χ3v) is 7.54. The largest absolute Gasteiger partial charge is 0.494 e. The number of benzene rings is 3. The molecule has 0 spiro atoms. The van der Waals surface area contributed by atoms with Crippen molar-refractivity contribution >= 4 is 39.1 Å². The zero-order chi connectivity index (χ0) is 30.2. The van der Waals surface area contributed by atoms with E-state index in [0.29, 0.717) is 23.1 Å². The molecule has 10 heteroatoms. The fourth-order valence-electron chi connectivity index (χ4n) is 4.28. The second-order valence-corrected chi connectivity index (χ2v) is 13.1. The fourth-order valence-corrected chi connectivity index (χ4v) is 5.26. The third kappa shape index (κ3) is 9.79. The number of hydrogen-bond acceptors (Lipinski definition) is 5. The Bertz CT molecular complexity index is 1410. The van der Waals surface area contributed by atoms with E-state index in [9.17, 15) is 18.0 Å². The highest BCUT2D eigenvalue weighted by molar-refractivity contribution is 7.92. The van der Waals surface area contributed by atoms with E-state index in [2.05, 4.69) is 5.32 Å². The summed E-state index contributed by atoms with van der Waals surface area (Å²) in [6.07, 6.45) is 1.29. The molecular formula is C31H38ClN3O5S. The number of amides is 2. The van der Waals surface area contributed by atoms with Gasteiger partial charge in [-0.15, -0.1) is 0 Å². The van der Waals surface area contributed by atoms with Gasteiger partial charge < -0.3 is 15.0 Å². The Labute approximate surface area is 248 Å². The Hall–Kier alpha value is -3.56. The van der Waals surface area contributed by atoms with E-state index in [4.69, 9.17) is 16.3 Å². The van der Waals surface area contributed by atoms with E-state index < -0.39 is 34.1 Å². The second-order valence-electron chi connectivity index (χ2n) is 10.8. The number of anilines is 1. The highest BCUT2D eigenvalue weighted by Crippen LogP contribution is 2.23. The van der Waals surface area contributed by atoms with E-state index in [-0.39, 0.29) is 18.9 Å². The summed E-state index contributed by atoms with van der Waals surface area (Å²) >= 11 is 6.09. The summed E-state index contributed by atoms with van der Waals surface area (Å²) in [5.41, 5.74) is 1.37. The first-order valence-electron chi connectivity index (χ1n) is 13.4. The molecule has 2 amide bonds. The molecule has 0 aliphatic rings. The standard InChI is InChI=1S/C31H38ClN3O5S/c1-6-40-27-18-16-26(17-19-27)35(41(5,38)39)22-29(36)34(21-24-12-14-25(32)15-13-24)28(30(37)33-31(2,3)4)20-23-10-8-7-9-11-23/h7-19,28H,6,20-22H2,1-5H3,(H,33,37). The molecule has 3 aromatic rings. The minimum atomic E-state index is -3.86. The molecule has 0 radical (unpaired) electrons. The number of nitrogens with zero attached hydrogens (tertiary/aromatic N) is 2. The predicted molar refractivity (Wildman–Crippen MR) is 164 cm³/mol. The number of carbonyl (C=O) groups is 2. The zero-order valence-corrected chi connectivity index (χ0v) is 25.7. The summed E-state index contributed by atoms with van der Waals surface area (Å²) in [5.74, 6) is -0.276. The van der Waals surface area contributed by atoms with Crippen molar-refractivity contribution in [1.29, 1.82) is 0 Å². The van der Waals surface area contributed by atoms with Crippen molar-refractivity contribution < 1.29 is 22.7 Å². The highest BCUT2D eigenvalue weighted by atomic mass is 35.5. The summed E-state index contributed by atoms with van der Waals surface area (Å²) in [5, 5.41) is 3.54. The first-order valence-corrected chi connectivity index (χ1v) is 15.6. The van der Waals surface area contributed by atoms with Crippen molar-refractivity contribution in [3.63, 3.8) is 0 Å². The van der Waals surface area contributed by atoms with Gasteiger partial charge in [0.15, 0.2) is 0 Å². The van der Waals surface area contributed by atoms with Crippen molar-refractivity contribution in [3.05, 3.63) is 95.0 Å². The van der Waals surface area contributed by atoms with Crippen molar-refractivity contribution in [2.75, 3.05) is 23.7 Å². The summed E-state index contributed by atoms with van der Waals surface area (Å²) in [6, 6.07) is 22.0. The van der Waals surface area contributed by atoms with Crippen LogP contribution in [0, 0.1) is 0 Å². The monoisotopic (exact) mass is 599 g/mol. The van der Waals surface area contributed by atoms with Crippen molar-refractivity contribution in [2.24, 2.45) is 0 Å². The number of halogens is 1. The lowest BCUT2D eigenvalue weighted by molar-refractivity contribution is -0.140. The van der Waals surface area contributed by atoms with Gasteiger partial charge >= 0.3 is 0 Å². The van der Waals surface area contributed by atoms with Gasteiger partial charge in [-0.3, -0.25) is 13.9 Å².